The minimum Gasteiger partial charge on any atom is -0.285 e. The Kier molecular flexibility index (Phi) is 5.97. The Morgan fingerprint density at radius 1 is 0.541 bits per heavy atom. The molecular formula is C34H25NO2. The van der Waals surface area contributed by atoms with Crippen LogP contribution in [0.1, 0.15) is 27.5 Å². The fraction of sp³-hybridized carbons (Fsp3) is 0.0294. The van der Waals surface area contributed by atoms with Crippen LogP contribution in [0, 0.1) is 0 Å². The highest BCUT2D eigenvalue weighted by molar-refractivity contribution is 6.14. The van der Waals surface area contributed by atoms with Crippen molar-refractivity contribution in [1.82, 2.24) is 5.06 Å². The number of hydrogen-bond donors (Lipinski definition) is 1. The van der Waals surface area contributed by atoms with Crippen molar-refractivity contribution in [3.05, 3.63) is 156 Å². The van der Waals surface area contributed by atoms with Gasteiger partial charge in [-0.05, 0) is 44.3 Å². The van der Waals surface area contributed by atoms with Crippen LogP contribution in [0.2, 0.25) is 0 Å². The van der Waals surface area contributed by atoms with Gasteiger partial charge >= 0.3 is 0 Å². The van der Waals surface area contributed by atoms with Gasteiger partial charge in [-0.15, -0.1) is 0 Å². The molecule has 6 aromatic carbocycles. The van der Waals surface area contributed by atoms with E-state index in [0.29, 0.717) is 5.56 Å². The van der Waals surface area contributed by atoms with E-state index in [2.05, 4.69) is 24.3 Å². The van der Waals surface area contributed by atoms with Crippen molar-refractivity contribution < 1.29 is 10.0 Å². The zero-order valence-corrected chi connectivity index (χ0v) is 20.2. The molecule has 0 atom stereocenters. The first-order chi connectivity index (χ1) is 18.2. The van der Waals surface area contributed by atoms with E-state index < -0.39 is 11.9 Å². The molecule has 178 valence electrons. The molecule has 1 N–H and O–H groups in total. The lowest BCUT2D eigenvalue weighted by Gasteiger charge is -2.28. The molecule has 3 heteroatoms. The molecular weight excluding hydrogens is 454 g/mol. The van der Waals surface area contributed by atoms with Crippen LogP contribution in [0.5, 0.6) is 0 Å². The molecule has 6 aromatic rings. The van der Waals surface area contributed by atoms with Crippen LogP contribution in [0.25, 0.3) is 32.7 Å². The molecule has 0 aliphatic rings. The van der Waals surface area contributed by atoms with Crippen LogP contribution < -0.4 is 0 Å². The van der Waals surface area contributed by atoms with Gasteiger partial charge in [-0.25, -0.2) is 5.06 Å². The molecule has 0 saturated carbocycles. The summed E-state index contributed by atoms with van der Waals surface area (Å²) in [6.07, 6.45) is 0. The minimum absolute atomic E-state index is 0.452. The van der Waals surface area contributed by atoms with Crippen LogP contribution in [-0.4, -0.2) is 16.2 Å². The van der Waals surface area contributed by atoms with Crippen molar-refractivity contribution in [2.75, 3.05) is 0 Å². The number of nitrogens with zero attached hydrogens (tertiary/aromatic N) is 1. The van der Waals surface area contributed by atoms with Crippen LogP contribution in [0.4, 0.5) is 0 Å². The lowest BCUT2D eigenvalue weighted by atomic mass is 9.89. The summed E-state index contributed by atoms with van der Waals surface area (Å²) in [5, 5.41) is 16.6. The average molecular weight is 480 g/mol. The van der Waals surface area contributed by atoms with E-state index in [4.69, 9.17) is 0 Å². The topological polar surface area (TPSA) is 40.5 Å². The van der Waals surface area contributed by atoms with Gasteiger partial charge in [-0.2, -0.15) is 0 Å². The van der Waals surface area contributed by atoms with E-state index in [9.17, 15) is 10.0 Å². The van der Waals surface area contributed by atoms with Gasteiger partial charge in [0.15, 0.2) is 0 Å². The number of benzene rings is 6. The molecule has 0 aliphatic carbocycles. The van der Waals surface area contributed by atoms with Gasteiger partial charge in [0, 0.05) is 5.56 Å². The monoisotopic (exact) mass is 479 g/mol. The summed E-state index contributed by atoms with van der Waals surface area (Å²) in [5.74, 6) is -0.452. The lowest BCUT2D eigenvalue weighted by molar-refractivity contribution is -0.0797. The number of amides is 1. The lowest BCUT2D eigenvalue weighted by Crippen LogP contribution is -2.33. The van der Waals surface area contributed by atoms with Gasteiger partial charge in [0.05, 0.1) is 5.56 Å². The first-order valence-corrected chi connectivity index (χ1v) is 12.3. The van der Waals surface area contributed by atoms with Crippen molar-refractivity contribution in [3.63, 3.8) is 0 Å². The predicted octanol–water partition coefficient (Wildman–Crippen LogP) is 8.28. The highest BCUT2D eigenvalue weighted by atomic mass is 16.5. The molecule has 0 unspecified atom stereocenters. The first-order valence-electron chi connectivity index (χ1n) is 12.3. The zero-order chi connectivity index (χ0) is 25.2. The van der Waals surface area contributed by atoms with E-state index in [-0.39, 0.29) is 0 Å². The third-order valence-corrected chi connectivity index (χ3v) is 6.90. The molecule has 0 heterocycles. The van der Waals surface area contributed by atoms with Crippen LogP contribution in [0.15, 0.2) is 140 Å². The van der Waals surface area contributed by atoms with E-state index in [1.54, 1.807) is 0 Å². The van der Waals surface area contributed by atoms with Gasteiger partial charge < -0.3 is 0 Å². The molecule has 0 spiro atoms. The average Bonchev–Trinajstić information content (AvgIpc) is 2.97. The van der Waals surface area contributed by atoms with E-state index in [1.807, 2.05) is 115 Å². The summed E-state index contributed by atoms with van der Waals surface area (Å²) in [6.45, 7) is 0. The SMILES string of the molecule is O=C(c1ccc2ccccc2c1-c1cccc2ccccc12)N(O)C(c1ccccc1)c1ccccc1. The second-order valence-corrected chi connectivity index (χ2v) is 9.11. The van der Waals surface area contributed by atoms with Gasteiger partial charge in [0.1, 0.15) is 6.04 Å². The predicted molar refractivity (Wildman–Crippen MR) is 150 cm³/mol. The Morgan fingerprint density at radius 3 is 1.70 bits per heavy atom. The minimum atomic E-state index is -0.651. The van der Waals surface area contributed by atoms with Gasteiger partial charge in [-0.1, -0.05) is 133 Å². The van der Waals surface area contributed by atoms with Crippen LogP contribution in [0.3, 0.4) is 0 Å². The molecule has 37 heavy (non-hydrogen) atoms. The maximum atomic E-state index is 14.2. The normalized spacial score (nSPS) is 11.2. The molecule has 0 radical (unpaired) electrons. The fourth-order valence-electron chi connectivity index (χ4n) is 5.17. The number of hydrogen-bond acceptors (Lipinski definition) is 2. The molecule has 3 nitrogen and oxygen atoms in total. The summed E-state index contributed by atoms with van der Waals surface area (Å²) >= 11 is 0. The molecule has 1 amide bonds. The van der Waals surface area contributed by atoms with Gasteiger partial charge in [-0.3, -0.25) is 10.0 Å². The summed E-state index contributed by atoms with van der Waals surface area (Å²) in [7, 11) is 0. The van der Waals surface area contributed by atoms with Gasteiger partial charge in [0.2, 0.25) is 0 Å². The number of rotatable bonds is 5. The highest BCUT2D eigenvalue weighted by Gasteiger charge is 2.29. The smallest absolute Gasteiger partial charge is 0.278 e. The third kappa shape index (κ3) is 4.16. The molecule has 0 saturated heterocycles. The quantitative estimate of drug-likeness (QED) is 0.200. The summed E-state index contributed by atoms with van der Waals surface area (Å²) in [5.41, 5.74) is 3.89. The summed E-state index contributed by atoms with van der Waals surface area (Å²) < 4.78 is 0. The Hall–Kier alpha value is -4.73. The largest absolute Gasteiger partial charge is 0.285 e. The molecule has 6 rings (SSSR count). The zero-order valence-electron chi connectivity index (χ0n) is 20.2. The number of fused-ring (bicyclic) bond motifs is 2. The van der Waals surface area contributed by atoms with Crippen molar-refractivity contribution in [2.45, 2.75) is 6.04 Å². The van der Waals surface area contributed by atoms with Crippen LogP contribution >= 0.6 is 0 Å². The van der Waals surface area contributed by atoms with Gasteiger partial charge in [0.25, 0.3) is 5.91 Å². The molecule has 0 fully saturated rings. The Morgan fingerprint density at radius 2 is 1.05 bits per heavy atom. The standard InChI is InChI=1S/C34H25NO2/c36-34(35(37)33(26-14-3-1-4-15-26)27-16-5-2-6-17-27)31-23-22-25-13-8-10-20-29(25)32(31)30-21-11-18-24-12-7-9-19-28(24)30/h1-23,33,37H. The fourth-order valence-corrected chi connectivity index (χ4v) is 5.17. The van der Waals surface area contributed by atoms with Crippen molar-refractivity contribution in [2.24, 2.45) is 0 Å². The van der Waals surface area contributed by atoms with Crippen molar-refractivity contribution in [3.8, 4) is 11.1 Å². The van der Waals surface area contributed by atoms with Crippen LogP contribution in [-0.2, 0) is 0 Å². The molecule has 0 bridgehead atoms. The van der Waals surface area contributed by atoms with Crippen molar-refractivity contribution in [1.29, 1.82) is 0 Å². The number of carbonyl (C=O) groups excluding carboxylic acids is 1. The molecule has 0 aliphatic heterocycles. The maximum Gasteiger partial charge on any atom is 0.278 e. The summed E-state index contributed by atoms with van der Waals surface area (Å²) in [6, 6.07) is 44.8. The first kappa shape index (κ1) is 22.7. The second kappa shape index (κ2) is 9.73. The Balaban J connectivity index is 1.56. The van der Waals surface area contributed by atoms with Crippen molar-refractivity contribution >= 4 is 27.5 Å². The number of hydroxylamine groups is 2. The highest BCUT2D eigenvalue weighted by Crippen LogP contribution is 2.38. The van der Waals surface area contributed by atoms with E-state index in [1.165, 1.54) is 0 Å². The van der Waals surface area contributed by atoms with E-state index >= 15 is 0 Å². The number of carbonyl (C=O) groups is 1. The Labute approximate surface area is 215 Å². The second-order valence-electron chi connectivity index (χ2n) is 9.11. The Bertz CT molecular complexity index is 1670. The summed E-state index contributed by atoms with van der Waals surface area (Å²) in [4.78, 5) is 14.2. The molecule has 0 aromatic heterocycles. The van der Waals surface area contributed by atoms with E-state index in [0.717, 1.165) is 48.9 Å². The third-order valence-electron chi connectivity index (χ3n) is 6.90. The maximum absolute atomic E-state index is 14.2.